The van der Waals surface area contributed by atoms with Crippen LogP contribution in [-0.4, -0.2) is 56.0 Å². The number of hydrogen-bond acceptors (Lipinski definition) is 5. The fourth-order valence-electron chi connectivity index (χ4n) is 2.68. The van der Waals surface area contributed by atoms with Gasteiger partial charge in [0, 0.05) is 13.1 Å². The number of rotatable bonds is 6. The lowest BCUT2D eigenvalue weighted by atomic mass is 10.2. The molecule has 1 heterocycles. The van der Waals surface area contributed by atoms with E-state index >= 15 is 0 Å². The van der Waals surface area contributed by atoms with E-state index in [1.54, 1.807) is 29.2 Å². The van der Waals surface area contributed by atoms with E-state index in [9.17, 15) is 14.4 Å². The van der Waals surface area contributed by atoms with Gasteiger partial charge in [0.25, 0.3) is 11.8 Å². The van der Waals surface area contributed by atoms with Gasteiger partial charge in [-0.2, -0.15) is 0 Å². The zero-order valence-electron chi connectivity index (χ0n) is 14.5. The lowest BCUT2D eigenvalue weighted by molar-refractivity contribution is -0.151. The van der Waals surface area contributed by atoms with Crippen LogP contribution in [0.3, 0.4) is 0 Å². The van der Waals surface area contributed by atoms with E-state index in [0.29, 0.717) is 24.4 Å². The van der Waals surface area contributed by atoms with Gasteiger partial charge in [-0.25, -0.2) is 0 Å². The number of carbonyl (C=O) groups excluding carboxylic acids is 3. The Morgan fingerprint density at radius 3 is 2.44 bits per heavy atom. The first kappa shape index (κ1) is 18.8. The first-order chi connectivity index (χ1) is 12.1. The Balaban J connectivity index is 1.74. The molecule has 1 saturated heterocycles. The molecule has 1 aromatic rings. The van der Waals surface area contributed by atoms with Crippen molar-refractivity contribution in [1.82, 2.24) is 10.2 Å². The molecule has 7 nitrogen and oxygen atoms in total. The number of esters is 1. The maximum absolute atomic E-state index is 12.1. The Morgan fingerprint density at radius 2 is 1.76 bits per heavy atom. The molecule has 0 radical (unpaired) electrons. The summed E-state index contributed by atoms with van der Waals surface area (Å²) in [4.78, 5) is 37.6. The predicted molar refractivity (Wildman–Crippen MR) is 91.3 cm³/mol. The Hall–Kier alpha value is -2.57. The lowest BCUT2D eigenvalue weighted by Gasteiger charge is -2.19. The fraction of sp³-hybridized carbons (Fsp3) is 0.500. The summed E-state index contributed by atoms with van der Waals surface area (Å²) >= 11 is 0. The number of methoxy groups -OCH3 is 1. The Bertz CT molecular complexity index is 609. The van der Waals surface area contributed by atoms with Crippen LogP contribution in [0.1, 0.15) is 36.0 Å². The number of nitrogens with one attached hydrogen (secondary N) is 1. The number of carbonyl (C=O) groups is 3. The first-order valence-corrected chi connectivity index (χ1v) is 8.46. The van der Waals surface area contributed by atoms with Gasteiger partial charge in [-0.3, -0.25) is 14.4 Å². The molecule has 0 aromatic heterocycles. The van der Waals surface area contributed by atoms with Gasteiger partial charge in [0.2, 0.25) is 0 Å². The fourth-order valence-corrected chi connectivity index (χ4v) is 2.68. The molecule has 0 aliphatic carbocycles. The number of para-hydroxylation sites is 1. The van der Waals surface area contributed by atoms with Gasteiger partial charge in [-0.15, -0.1) is 0 Å². The number of hydrogen-bond donors (Lipinski definition) is 1. The molecule has 1 aliphatic rings. The zero-order valence-corrected chi connectivity index (χ0v) is 14.5. The molecule has 2 amide bonds. The van der Waals surface area contributed by atoms with Crippen LogP contribution in [0.15, 0.2) is 24.3 Å². The first-order valence-electron chi connectivity index (χ1n) is 8.46. The molecule has 0 atom stereocenters. The van der Waals surface area contributed by atoms with Crippen molar-refractivity contribution in [3.05, 3.63) is 29.8 Å². The second-order valence-corrected chi connectivity index (χ2v) is 5.84. The van der Waals surface area contributed by atoms with Gasteiger partial charge in [-0.05, 0) is 25.0 Å². The Morgan fingerprint density at radius 1 is 1.08 bits per heavy atom. The normalized spacial score (nSPS) is 14.4. The van der Waals surface area contributed by atoms with E-state index in [0.717, 1.165) is 25.7 Å². The average Bonchev–Trinajstić information content (AvgIpc) is 2.93. The summed E-state index contributed by atoms with van der Waals surface area (Å²) in [5.74, 6) is -0.851. The van der Waals surface area contributed by atoms with Crippen molar-refractivity contribution in [3.63, 3.8) is 0 Å². The molecule has 0 bridgehead atoms. The minimum Gasteiger partial charge on any atom is -0.496 e. The molecule has 1 N–H and O–H groups in total. The van der Waals surface area contributed by atoms with Crippen LogP contribution in [0.4, 0.5) is 0 Å². The smallest absolute Gasteiger partial charge is 0.325 e. The number of likely N-dealkylation sites (tertiary alicyclic amines) is 1. The largest absolute Gasteiger partial charge is 0.496 e. The standard InChI is InChI=1S/C18H24N2O5/c1-24-15-9-5-4-8-14(15)18(23)19-12-17(22)25-13-16(21)20-10-6-2-3-7-11-20/h4-5,8-9H,2-3,6-7,10-13H2,1H3,(H,19,23). The van der Waals surface area contributed by atoms with Gasteiger partial charge in [0.05, 0.1) is 12.7 Å². The summed E-state index contributed by atoms with van der Waals surface area (Å²) in [5, 5.41) is 2.47. The quantitative estimate of drug-likeness (QED) is 0.785. The summed E-state index contributed by atoms with van der Waals surface area (Å²) < 4.78 is 10.1. The maximum atomic E-state index is 12.1. The van der Waals surface area contributed by atoms with E-state index in [1.165, 1.54) is 7.11 Å². The van der Waals surface area contributed by atoms with Gasteiger partial charge < -0.3 is 19.7 Å². The van der Waals surface area contributed by atoms with Gasteiger partial charge in [-0.1, -0.05) is 25.0 Å². The topological polar surface area (TPSA) is 84.9 Å². The van der Waals surface area contributed by atoms with Crippen molar-refractivity contribution in [2.75, 3.05) is 33.4 Å². The van der Waals surface area contributed by atoms with Gasteiger partial charge in [0.1, 0.15) is 12.3 Å². The molecule has 25 heavy (non-hydrogen) atoms. The van der Waals surface area contributed by atoms with E-state index < -0.39 is 11.9 Å². The molecule has 0 unspecified atom stereocenters. The minimum absolute atomic E-state index is 0.189. The van der Waals surface area contributed by atoms with E-state index in [4.69, 9.17) is 9.47 Å². The van der Waals surface area contributed by atoms with Gasteiger partial charge >= 0.3 is 5.97 Å². The third-order valence-corrected chi connectivity index (χ3v) is 4.06. The van der Waals surface area contributed by atoms with Crippen LogP contribution >= 0.6 is 0 Å². The van der Waals surface area contributed by atoms with Crippen molar-refractivity contribution >= 4 is 17.8 Å². The molecule has 7 heteroatoms. The zero-order chi connectivity index (χ0) is 18.1. The summed E-state index contributed by atoms with van der Waals surface area (Å²) in [6.45, 7) is 0.829. The molecule has 0 saturated carbocycles. The summed E-state index contributed by atoms with van der Waals surface area (Å²) in [6.07, 6.45) is 4.21. The highest BCUT2D eigenvalue weighted by molar-refractivity contribution is 5.98. The Labute approximate surface area is 147 Å². The summed E-state index contributed by atoms with van der Waals surface area (Å²) in [5.41, 5.74) is 0.332. The van der Waals surface area contributed by atoms with Crippen molar-refractivity contribution < 1.29 is 23.9 Å². The highest BCUT2D eigenvalue weighted by Gasteiger charge is 2.18. The lowest BCUT2D eigenvalue weighted by Crippen LogP contribution is -2.37. The van der Waals surface area contributed by atoms with Crippen molar-refractivity contribution in [1.29, 1.82) is 0 Å². The van der Waals surface area contributed by atoms with Crippen LogP contribution in [0.2, 0.25) is 0 Å². The number of amides is 2. The molecule has 1 fully saturated rings. The molecule has 1 aliphatic heterocycles. The predicted octanol–water partition coefficient (Wildman–Crippen LogP) is 1.37. The highest BCUT2D eigenvalue weighted by Crippen LogP contribution is 2.16. The van der Waals surface area contributed by atoms with Crippen LogP contribution in [0.5, 0.6) is 5.75 Å². The van der Waals surface area contributed by atoms with E-state index in [1.807, 2.05) is 0 Å². The van der Waals surface area contributed by atoms with Crippen molar-refractivity contribution in [3.8, 4) is 5.75 Å². The number of benzene rings is 1. The van der Waals surface area contributed by atoms with Crippen LogP contribution in [-0.2, 0) is 14.3 Å². The van der Waals surface area contributed by atoms with Crippen molar-refractivity contribution in [2.45, 2.75) is 25.7 Å². The van der Waals surface area contributed by atoms with Crippen LogP contribution < -0.4 is 10.1 Å². The average molecular weight is 348 g/mol. The van der Waals surface area contributed by atoms with E-state index in [2.05, 4.69) is 5.32 Å². The summed E-state index contributed by atoms with van der Waals surface area (Å²) in [6, 6.07) is 6.71. The third-order valence-electron chi connectivity index (χ3n) is 4.06. The molecule has 0 spiro atoms. The van der Waals surface area contributed by atoms with Crippen LogP contribution in [0.25, 0.3) is 0 Å². The second-order valence-electron chi connectivity index (χ2n) is 5.84. The molecule has 1 aromatic carbocycles. The Kier molecular flexibility index (Phi) is 7.25. The monoisotopic (exact) mass is 348 g/mol. The maximum Gasteiger partial charge on any atom is 0.325 e. The molecule has 136 valence electrons. The van der Waals surface area contributed by atoms with Crippen molar-refractivity contribution in [2.24, 2.45) is 0 Å². The van der Waals surface area contributed by atoms with Gasteiger partial charge in [0.15, 0.2) is 6.61 Å². The SMILES string of the molecule is COc1ccccc1C(=O)NCC(=O)OCC(=O)N1CCCCCC1. The highest BCUT2D eigenvalue weighted by atomic mass is 16.5. The molecular weight excluding hydrogens is 324 g/mol. The van der Waals surface area contributed by atoms with E-state index in [-0.39, 0.29) is 19.1 Å². The second kappa shape index (κ2) is 9.66. The number of ether oxygens (including phenoxy) is 2. The number of nitrogens with zero attached hydrogens (tertiary/aromatic N) is 1. The molecule has 2 rings (SSSR count). The van der Waals surface area contributed by atoms with Crippen LogP contribution in [0, 0.1) is 0 Å². The minimum atomic E-state index is -0.647. The molecular formula is C18H24N2O5. The summed E-state index contributed by atoms with van der Waals surface area (Å²) in [7, 11) is 1.47. The third kappa shape index (κ3) is 5.77.